The molecule has 0 spiro atoms. The summed E-state index contributed by atoms with van der Waals surface area (Å²) in [6.07, 6.45) is 0.892. The summed E-state index contributed by atoms with van der Waals surface area (Å²) in [7, 11) is 1.56. The molecule has 5 heteroatoms. The zero-order chi connectivity index (χ0) is 12.7. The van der Waals surface area contributed by atoms with E-state index in [0.717, 1.165) is 12.0 Å². The Morgan fingerprint density at radius 1 is 1.47 bits per heavy atom. The first-order valence-corrected chi connectivity index (χ1v) is 5.63. The quantitative estimate of drug-likeness (QED) is 0.729. The van der Waals surface area contributed by atoms with E-state index in [0.29, 0.717) is 24.5 Å². The molecule has 0 saturated heterocycles. The minimum atomic E-state index is -0.244. The smallest absolute Gasteiger partial charge is 0.319 e. The molecule has 2 amide bonds. The van der Waals surface area contributed by atoms with Crippen LogP contribution in [0.1, 0.15) is 18.9 Å². The Morgan fingerprint density at radius 3 is 2.82 bits per heavy atom. The summed E-state index contributed by atoms with van der Waals surface area (Å²) in [6.45, 7) is 2.98. The van der Waals surface area contributed by atoms with Crippen molar-refractivity contribution >= 4 is 11.7 Å². The standard InChI is InChI=1S/C12H19N3O2/c1-3-7-14-12(16)15-11-9(8-13)5-4-6-10(11)17-2/h4-6H,3,7-8,13H2,1-2H3,(H2,14,15,16). The van der Waals surface area contributed by atoms with E-state index in [1.54, 1.807) is 13.2 Å². The minimum Gasteiger partial charge on any atom is -0.495 e. The van der Waals surface area contributed by atoms with E-state index >= 15 is 0 Å². The van der Waals surface area contributed by atoms with Crippen molar-refractivity contribution in [1.82, 2.24) is 5.32 Å². The second kappa shape index (κ2) is 6.75. The topological polar surface area (TPSA) is 76.4 Å². The van der Waals surface area contributed by atoms with E-state index < -0.39 is 0 Å². The number of benzene rings is 1. The fourth-order valence-electron chi connectivity index (χ4n) is 1.45. The summed E-state index contributed by atoms with van der Waals surface area (Å²) in [4.78, 5) is 11.6. The Balaban J connectivity index is 2.83. The van der Waals surface area contributed by atoms with Crippen LogP contribution >= 0.6 is 0 Å². The van der Waals surface area contributed by atoms with Crippen LogP contribution in [0.25, 0.3) is 0 Å². The predicted molar refractivity (Wildman–Crippen MR) is 68.2 cm³/mol. The number of hydrogen-bond donors (Lipinski definition) is 3. The van der Waals surface area contributed by atoms with Crippen molar-refractivity contribution in [3.63, 3.8) is 0 Å². The van der Waals surface area contributed by atoms with Gasteiger partial charge in [-0.05, 0) is 18.1 Å². The third-order valence-corrected chi connectivity index (χ3v) is 2.33. The zero-order valence-corrected chi connectivity index (χ0v) is 10.2. The number of para-hydroxylation sites is 1. The molecule has 0 saturated carbocycles. The van der Waals surface area contributed by atoms with Gasteiger partial charge in [-0.1, -0.05) is 19.1 Å². The van der Waals surface area contributed by atoms with Crippen molar-refractivity contribution in [3.05, 3.63) is 23.8 Å². The summed E-state index contributed by atoms with van der Waals surface area (Å²) in [5, 5.41) is 5.50. The monoisotopic (exact) mass is 237 g/mol. The zero-order valence-electron chi connectivity index (χ0n) is 10.2. The van der Waals surface area contributed by atoms with Crippen LogP contribution in [0.4, 0.5) is 10.5 Å². The molecule has 1 rings (SSSR count). The van der Waals surface area contributed by atoms with Crippen LogP contribution in [-0.4, -0.2) is 19.7 Å². The SMILES string of the molecule is CCCNC(=O)Nc1c(CN)cccc1OC. The lowest BCUT2D eigenvalue weighted by Crippen LogP contribution is -2.30. The molecule has 17 heavy (non-hydrogen) atoms. The molecule has 0 bridgehead atoms. The number of carbonyl (C=O) groups excluding carboxylic acids is 1. The van der Waals surface area contributed by atoms with E-state index in [1.165, 1.54) is 0 Å². The van der Waals surface area contributed by atoms with Crippen molar-refractivity contribution in [1.29, 1.82) is 0 Å². The van der Waals surface area contributed by atoms with E-state index in [1.807, 2.05) is 19.1 Å². The average molecular weight is 237 g/mol. The Bertz CT molecular complexity index is 358. The molecular formula is C12H19N3O2. The van der Waals surface area contributed by atoms with E-state index in [4.69, 9.17) is 10.5 Å². The normalized spacial score (nSPS) is 9.82. The van der Waals surface area contributed by atoms with Gasteiger partial charge >= 0.3 is 6.03 Å². The van der Waals surface area contributed by atoms with Gasteiger partial charge in [-0.2, -0.15) is 0 Å². The fraction of sp³-hybridized carbons (Fsp3) is 0.417. The van der Waals surface area contributed by atoms with E-state index in [-0.39, 0.29) is 6.03 Å². The van der Waals surface area contributed by atoms with Crippen LogP contribution in [0.3, 0.4) is 0 Å². The second-order valence-corrected chi connectivity index (χ2v) is 3.58. The number of ether oxygens (including phenoxy) is 1. The number of rotatable bonds is 5. The highest BCUT2D eigenvalue weighted by Crippen LogP contribution is 2.27. The lowest BCUT2D eigenvalue weighted by molar-refractivity contribution is 0.252. The first-order chi connectivity index (χ1) is 8.22. The van der Waals surface area contributed by atoms with Crippen molar-refractivity contribution in [2.75, 3.05) is 19.0 Å². The number of anilines is 1. The van der Waals surface area contributed by atoms with Gasteiger partial charge in [0.25, 0.3) is 0 Å². The molecule has 1 aromatic rings. The number of nitrogens with two attached hydrogens (primary N) is 1. The molecular weight excluding hydrogens is 218 g/mol. The van der Waals surface area contributed by atoms with Crippen LogP contribution in [0, 0.1) is 0 Å². The van der Waals surface area contributed by atoms with Crippen LogP contribution in [0.15, 0.2) is 18.2 Å². The van der Waals surface area contributed by atoms with Crippen molar-refractivity contribution in [3.8, 4) is 5.75 Å². The van der Waals surface area contributed by atoms with Gasteiger partial charge in [0.15, 0.2) is 0 Å². The molecule has 0 aliphatic carbocycles. The number of nitrogens with one attached hydrogen (secondary N) is 2. The van der Waals surface area contributed by atoms with E-state index in [9.17, 15) is 4.79 Å². The highest BCUT2D eigenvalue weighted by atomic mass is 16.5. The number of urea groups is 1. The summed E-state index contributed by atoms with van der Waals surface area (Å²) in [5.74, 6) is 0.611. The van der Waals surface area contributed by atoms with Crippen LogP contribution in [0.5, 0.6) is 5.75 Å². The maximum absolute atomic E-state index is 11.6. The highest BCUT2D eigenvalue weighted by molar-refractivity contribution is 5.91. The Morgan fingerprint density at radius 2 is 2.24 bits per heavy atom. The summed E-state index contributed by atoms with van der Waals surface area (Å²) in [6, 6.07) is 5.24. The number of amides is 2. The maximum Gasteiger partial charge on any atom is 0.319 e. The molecule has 0 radical (unpaired) electrons. The molecule has 94 valence electrons. The molecule has 0 heterocycles. The number of hydrogen-bond acceptors (Lipinski definition) is 3. The largest absolute Gasteiger partial charge is 0.495 e. The molecule has 4 N–H and O–H groups in total. The first kappa shape index (κ1) is 13.3. The van der Waals surface area contributed by atoms with Gasteiger partial charge in [-0.15, -0.1) is 0 Å². The third kappa shape index (κ3) is 3.64. The maximum atomic E-state index is 11.6. The summed E-state index contributed by atoms with van der Waals surface area (Å²) in [5.41, 5.74) is 7.10. The van der Waals surface area contributed by atoms with Gasteiger partial charge in [-0.25, -0.2) is 4.79 Å². The average Bonchev–Trinajstić information content (AvgIpc) is 2.36. The fourth-order valence-corrected chi connectivity index (χ4v) is 1.45. The molecule has 0 aromatic heterocycles. The lowest BCUT2D eigenvalue weighted by Gasteiger charge is -2.14. The van der Waals surface area contributed by atoms with Crippen LogP contribution in [0.2, 0.25) is 0 Å². The third-order valence-electron chi connectivity index (χ3n) is 2.33. The van der Waals surface area contributed by atoms with Crippen LogP contribution < -0.4 is 21.1 Å². The lowest BCUT2D eigenvalue weighted by atomic mass is 10.1. The molecule has 0 aliphatic rings. The molecule has 0 aliphatic heterocycles. The molecule has 0 fully saturated rings. The number of carbonyl (C=O) groups is 1. The number of methoxy groups -OCH3 is 1. The molecule has 1 aromatic carbocycles. The van der Waals surface area contributed by atoms with Gasteiger partial charge in [0.1, 0.15) is 5.75 Å². The van der Waals surface area contributed by atoms with Crippen molar-refractivity contribution in [2.45, 2.75) is 19.9 Å². The second-order valence-electron chi connectivity index (χ2n) is 3.58. The van der Waals surface area contributed by atoms with Crippen molar-refractivity contribution in [2.24, 2.45) is 5.73 Å². The minimum absolute atomic E-state index is 0.244. The Kier molecular flexibility index (Phi) is 5.29. The van der Waals surface area contributed by atoms with E-state index in [2.05, 4.69) is 10.6 Å². The molecule has 5 nitrogen and oxygen atoms in total. The van der Waals surface area contributed by atoms with Gasteiger partial charge in [-0.3, -0.25) is 0 Å². The Hall–Kier alpha value is -1.75. The van der Waals surface area contributed by atoms with Gasteiger partial charge in [0, 0.05) is 13.1 Å². The summed E-state index contributed by atoms with van der Waals surface area (Å²) >= 11 is 0. The van der Waals surface area contributed by atoms with Gasteiger partial charge in [0.05, 0.1) is 12.8 Å². The molecule has 0 atom stereocenters. The predicted octanol–water partition coefficient (Wildman–Crippen LogP) is 1.69. The van der Waals surface area contributed by atoms with Gasteiger partial charge in [0.2, 0.25) is 0 Å². The Labute approximate surface area is 101 Å². The molecule has 0 unspecified atom stereocenters. The van der Waals surface area contributed by atoms with Crippen LogP contribution in [-0.2, 0) is 6.54 Å². The first-order valence-electron chi connectivity index (χ1n) is 5.63. The summed E-state index contributed by atoms with van der Waals surface area (Å²) < 4.78 is 5.20. The van der Waals surface area contributed by atoms with Crippen molar-refractivity contribution < 1.29 is 9.53 Å². The highest BCUT2D eigenvalue weighted by Gasteiger charge is 2.10. The van der Waals surface area contributed by atoms with Gasteiger partial charge < -0.3 is 21.1 Å².